The molecule has 0 amide bonds. The highest BCUT2D eigenvalue weighted by Crippen LogP contribution is 2.29. The third kappa shape index (κ3) is 5.45. The van der Waals surface area contributed by atoms with E-state index in [0.717, 1.165) is 18.3 Å². The summed E-state index contributed by atoms with van der Waals surface area (Å²) < 4.78 is 11.9. The van der Waals surface area contributed by atoms with Crippen LogP contribution in [0.3, 0.4) is 0 Å². The van der Waals surface area contributed by atoms with Crippen LogP contribution in [0.2, 0.25) is 0 Å². The van der Waals surface area contributed by atoms with Gasteiger partial charge < -0.3 is 9.47 Å². The Morgan fingerprint density at radius 1 is 0.778 bits per heavy atom. The third-order valence-corrected chi connectivity index (χ3v) is 4.27. The zero-order chi connectivity index (χ0) is 19.1. The Morgan fingerprint density at radius 2 is 1.52 bits per heavy atom. The number of benzene rings is 3. The third-order valence-electron chi connectivity index (χ3n) is 4.27. The van der Waals surface area contributed by atoms with Crippen molar-refractivity contribution in [1.29, 1.82) is 0 Å². The average Bonchev–Trinajstić information content (AvgIpc) is 2.67. The Morgan fingerprint density at radius 3 is 2.22 bits per heavy atom. The van der Waals surface area contributed by atoms with Crippen molar-refractivity contribution in [2.75, 3.05) is 6.61 Å². The van der Waals surface area contributed by atoms with Crippen LogP contribution in [0.25, 0.3) is 0 Å². The largest absolute Gasteiger partial charge is 0.489 e. The summed E-state index contributed by atoms with van der Waals surface area (Å²) in [5, 5.41) is 0. The van der Waals surface area contributed by atoms with Crippen molar-refractivity contribution in [2.24, 2.45) is 0 Å². The smallest absolute Gasteiger partial charge is 0.162 e. The summed E-state index contributed by atoms with van der Waals surface area (Å²) in [5.74, 6) is 1.24. The lowest BCUT2D eigenvalue weighted by molar-refractivity contribution is 0.112. The fraction of sp³-hybridized carbons (Fsp3) is 0.208. The van der Waals surface area contributed by atoms with Crippen LogP contribution in [0.15, 0.2) is 66.7 Å². The van der Waals surface area contributed by atoms with Crippen LogP contribution >= 0.6 is 0 Å². The van der Waals surface area contributed by atoms with E-state index < -0.39 is 0 Å². The van der Waals surface area contributed by atoms with E-state index in [0.29, 0.717) is 30.3 Å². The maximum atomic E-state index is 11.1. The van der Waals surface area contributed by atoms with E-state index in [-0.39, 0.29) is 0 Å². The normalized spacial score (nSPS) is 10.4. The minimum absolute atomic E-state index is 0.427. The first-order valence-corrected chi connectivity index (χ1v) is 9.10. The van der Waals surface area contributed by atoms with E-state index in [2.05, 4.69) is 32.0 Å². The van der Waals surface area contributed by atoms with E-state index in [9.17, 15) is 4.79 Å². The van der Waals surface area contributed by atoms with E-state index in [1.54, 1.807) is 18.2 Å². The summed E-state index contributed by atoms with van der Waals surface area (Å²) in [7, 11) is 0. The topological polar surface area (TPSA) is 35.5 Å². The Balaban J connectivity index is 1.67. The molecule has 0 heterocycles. The van der Waals surface area contributed by atoms with Crippen LogP contribution in [0, 0.1) is 13.8 Å². The first kappa shape index (κ1) is 18.7. The van der Waals surface area contributed by atoms with Crippen LogP contribution < -0.4 is 9.47 Å². The second kappa shape index (κ2) is 9.04. The molecule has 0 bridgehead atoms. The van der Waals surface area contributed by atoms with Gasteiger partial charge in [-0.25, -0.2) is 0 Å². The van der Waals surface area contributed by atoms with Gasteiger partial charge in [0, 0.05) is 12.0 Å². The van der Waals surface area contributed by atoms with Crippen LogP contribution in [-0.2, 0) is 13.0 Å². The lowest BCUT2D eigenvalue weighted by Crippen LogP contribution is -2.05. The number of aryl methyl sites for hydroxylation is 2. The standard InChI is InChI=1S/C24H24O3/c1-18-12-19(2)14-21(13-18)10-11-26-23-9-8-22(16-25)15-24(23)27-17-20-6-4-3-5-7-20/h3-9,12-16H,10-11,17H2,1-2H3. The van der Waals surface area contributed by atoms with Gasteiger partial charge in [-0.1, -0.05) is 59.7 Å². The number of ether oxygens (including phenoxy) is 2. The predicted molar refractivity (Wildman–Crippen MR) is 108 cm³/mol. The highest BCUT2D eigenvalue weighted by Gasteiger charge is 2.08. The highest BCUT2D eigenvalue weighted by molar-refractivity contribution is 5.76. The monoisotopic (exact) mass is 360 g/mol. The molecule has 0 radical (unpaired) electrons. The predicted octanol–water partition coefficient (Wildman–Crippen LogP) is 5.32. The molecule has 138 valence electrons. The molecule has 0 aromatic heterocycles. The van der Waals surface area contributed by atoms with E-state index >= 15 is 0 Å². The van der Waals surface area contributed by atoms with Gasteiger partial charge in [-0.2, -0.15) is 0 Å². The molecule has 0 spiro atoms. The zero-order valence-corrected chi connectivity index (χ0v) is 15.8. The lowest BCUT2D eigenvalue weighted by Gasteiger charge is -2.14. The summed E-state index contributed by atoms with van der Waals surface area (Å²) in [6.45, 7) is 5.18. The quantitative estimate of drug-likeness (QED) is 0.510. The van der Waals surface area contributed by atoms with Crippen LogP contribution in [0.5, 0.6) is 11.5 Å². The summed E-state index contributed by atoms with van der Waals surface area (Å²) in [4.78, 5) is 11.1. The zero-order valence-electron chi connectivity index (χ0n) is 15.8. The molecule has 27 heavy (non-hydrogen) atoms. The summed E-state index contributed by atoms with van der Waals surface area (Å²) >= 11 is 0. The first-order chi connectivity index (χ1) is 13.1. The number of carbonyl (C=O) groups excluding carboxylic acids is 1. The second-order valence-electron chi connectivity index (χ2n) is 6.69. The van der Waals surface area contributed by atoms with Gasteiger partial charge in [-0.15, -0.1) is 0 Å². The van der Waals surface area contributed by atoms with Crippen LogP contribution in [-0.4, -0.2) is 12.9 Å². The Labute approximate surface area is 160 Å². The number of rotatable bonds is 8. The van der Waals surface area contributed by atoms with Gasteiger partial charge in [0.05, 0.1) is 6.61 Å². The van der Waals surface area contributed by atoms with Crippen molar-refractivity contribution in [1.82, 2.24) is 0 Å². The van der Waals surface area contributed by atoms with Crippen molar-refractivity contribution in [3.8, 4) is 11.5 Å². The Bertz CT molecular complexity index is 881. The Hall–Kier alpha value is -3.07. The molecular weight excluding hydrogens is 336 g/mol. The number of hydrogen-bond acceptors (Lipinski definition) is 3. The van der Waals surface area contributed by atoms with Crippen LogP contribution in [0.1, 0.15) is 32.6 Å². The van der Waals surface area contributed by atoms with Gasteiger partial charge in [0.15, 0.2) is 11.5 Å². The molecule has 0 unspecified atom stereocenters. The van der Waals surface area contributed by atoms with Gasteiger partial charge in [0.1, 0.15) is 12.9 Å². The summed E-state index contributed by atoms with van der Waals surface area (Å²) in [6.07, 6.45) is 1.63. The minimum atomic E-state index is 0.427. The van der Waals surface area contributed by atoms with E-state index in [1.165, 1.54) is 16.7 Å². The van der Waals surface area contributed by atoms with Gasteiger partial charge >= 0.3 is 0 Å². The fourth-order valence-electron chi connectivity index (χ4n) is 3.06. The molecule has 0 N–H and O–H groups in total. The number of carbonyl (C=O) groups is 1. The van der Waals surface area contributed by atoms with Gasteiger partial charge in [-0.3, -0.25) is 4.79 Å². The van der Waals surface area contributed by atoms with E-state index in [4.69, 9.17) is 9.47 Å². The number of hydrogen-bond donors (Lipinski definition) is 0. The fourth-order valence-corrected chi connectivity index (χ4v) is 3.06. The first-order valence-electron chi connectivity index (χ1n) is 9.10. The van der Waals surface area contributed by atoms with Crippen molar-refractivity contribution >= 4 is 6.29 Å². The molecule has 3 aromatic carbocycles. The second-order valence-corrected chi connectivity index (χ2v) is 6.69. The van der Waals surface area contributed by atoms with Gasteiger partial charge in [0.25, 0.3) is 0 Å². The summed E-state index contributed by atoms with van der Waals surface area (Å²) in [5.41, 5.74) is 5.40. The molecule has 0 saturated heterocycles. The average molecular weight is 360 g/mol. The lowest BCUT2D eigenvalue weighted by atomic mass is 10.1. The molecule has 3 heteroatoms. The molecular formula is C24H24O3. The highest BCUT2D eigenvalue weighted by atomic mass is 16.5. The molecule has 0 aliphatic heterocycles. The van der Waals surface area contributed by atoms with Crippen LogP contribution in [0.4, 0.5) is 0 Å². The van der Waals surface area contributed by atoms with Crippen molar-refractivity contribution in [3.63, 3.8) is 0 Å². The number of aldehydes is 1. The molecule has 3 rings (SSSR count). The molecule has 0 aliphatic carbocycles. The van der Waals surface area contributed by atoms with Gasteiger partial charge in [0.2, 0.25) is 0 Å². The van der Waals surface area contributed by atoms with Crippen molar-refractivity contribution < 1.29 is 14.3 Å². The molecule has 3 aromatic rings. The maximum Gasteiger partial charge on any atom is 0.162 e. The molecule has 0 fully saturated rings. The minimum Gasteiger partial charge on any atom is -0.489 e. The molecule has 0 atom stereocenters. The molecule has 3 nitrogen and oxygen atoms in total. The maximum absolute atomic E-state index is 11.1. The molecule has 0 aliphatic rings. The molecule has 0 saturated carbocycles. The van der Waals surface area contributed by atoms with Crippen molar-refractivity contribution in [2.45, 2.75) is 26.9 Å². The SMILES string of the molecule is Cc1cc(C)cc(CCOc2ccc(C=O)cc2OCc2ccccc2)c1. The summed E-state index contributed by atoms with van der Waals surface area (Å²) in [6, 6.07) is 21.7. The van der Waals surface area contributed by atoms with Gasteiger partial charge in [-0.05, 0) is 43.2 Å². The van der Waals surface area contributed by atoms with E-state index in [1.807, 2.05) is 30.3 Å². The Kier molecular flexibility index (Phi) is 6.26. The van der Waals surface area contributed by atoms with Crippen molar-refractivity contribution in [3.05, 3.63) is 94.5 Å².